The number of oxazole rings is 1. The lowest BCUT2D eigenvalue weighted by Crippen LogP contribution is -2.02. The molecule has 12 heteroatoms. The van der Waals surface area contributed by atoms with Crippen molar-refractivity contribution in [3.8, 4) is 29.0 Å². The van der Waals surface area contributed by atoms with Gasteiger partial charge in [-0.05, 0) is 56.7 Å². The van der Waals surface area contributed by atoms with Crippen molar-refractivity contribution >= 4 is 13.7 Å². The summed E-state index contributed by atoms with van der Waals surface area (Å²) in [5, 5.41) is 4.36. The Balaban J connectivity index is 1.42. The van der Waals surface area contributed by atoms with E-state index in [1.54, 1.807) is 69.4 Å². The predicted octanol–water partition coefficient (Wildman–Crippen LogP) is 6.38. The fraction of sp³-hybridized carbons (Fsp3) is 0.333. The molecule has 3 heterocycles. The minimum absolute atomic E-state index is 0.194. The molecule has 11 nitrogen and oxygen atoms in total. The number of hydrogen-bond donors (Lipinski definition) is 0. The Hall–Kier alpha value is -3.79. The van der Waals surface area contributed by atoms with Gasteiger partial charge in [-0.15, -0.1) is 5.10 Å². The summed E-state index contributed by atoms with van der Waals surface area (Å²) < 4.78 is 53.5. The smallest absolute Gasteiger partial charge is 0.354 e. The van der Waals surface area contributed by atoms with Crippen molar-refractivity contribution in [3.63, 3.8) is 0 Å². The van der Waals surface area contributed by atoms with Gasteiger partial charge >= 0.3 is 7.60 Å². The minimum Gasteiger partial charge on any atom is -0.493 e. The molecule has 0 bridgehead atoms. The van der Waals surface area contributed by atoms with Crippen LogP contribution in [-0.4, -0.2) is 35.1 Å². The van der Waals surface area contributed by atoms with Crippen LogP contribution in [-0.2, 0) is 33.9 Å². The Morgan fingerprint density at radius 2 is 1.87 bits per heavy atom. The number of methoxy groups -OCH3 is 1. The summed E-state index contributed by atoms with van der Waals surface area (Å²) in [5.74, 6) is 4.48. The zero-order valence-corrected chi connectivity index (χ0v) is 23.5. The molecule has 0 fully saturated rings. The number of hydrogen-bond acceptors (Lipinski definition) is 10. The minimum atomic E-state index is -3.35. The molecule has 4 rings (SSSR count). The largest absolute Gasteiger partial charge is 0.493 e. The van der Waals surface area contributed by atoms with Crippen molar-refractivity contribution in [2.75, 3.05) is 20.3 Å². The van der Waals surface area contributed by atoms with Gasteiger partial charge in [0.05, 0.1) is 32.2 Å². The third kappa shape index (κ3) is 7.20. The Morgan fingerprint density at radius 1 is 1.08 bits per heavy atom. The molecule has 0 amide bonds. The van der Waals surface area contributed by atoms with E-state index in [0.717, 1.165) is 5.56 Å². The van der Waals surface area contributed by atoms with Crippen molar-refractivity contribution in [1.29, 1.82) is 0 Å². The number of furan rings is 1. The SMILES string of the molecule is CCOP(=O)(C=Cc1cn(C)nc1OCc1ccc(OCc2nc(-c3ccco3)oc2C)c(OC)c1)OCC. The molecule has 0 atom stereocenters. The van der Waals surface area contributed by atoms with E-state index in [1.165, 1.54) is 5.82 Å². The molecule has 3 aromatic heterocycles. The standard InChI is InChI=1S/C27H32N3O8P/c1-6-36-39(31,37-7-2)14-12-21-16-30(4)29-26(21)35-17-20-10-11-23(25(15-20)32-5)34-18-22-19(3)38-27(28-22)24-9-8-13-33-24/h8-16H,6-7,17-18H2,1-5H3. The van der Waals surface area contributed by atoms with Gasteiger partial charge in [-0.25, -0.2) is 4.98 Å². The van der Waals surface area contributed by atoms with E-state index in [4.69, 9.17) is 32.1 Å². The summed E-state index contributed by atoms with van der Waals surface area (Å²) in [6.07, 6.45) is 4.96. The van der Waals surface area contributed by atoms with Gasteiger partial charge < -0.3 is 32.1 Å². The number of benzene rings is 1. The van der Waals surface area contributed by atoms with Crippen LogP contribution in [0.3, 0.4) is 0 Å². The van der Waals surface area contributed by atoms with Crippen LogP contribution in [0.15, 0.2) is 57.4 Å². The quantitative estimate of drug-likeness (QED) is 0.162. The zero-order valence-electron chi connectivity index (χ0n) is 22.6. The molecule has 0 aliphatic heterocycles. The average molecular weight is 558 g/mol. The highest BCUT2D eigenvalue weighted by molar-refractivity contribution is 7.57. The van der Waals surface area contributed by atoms with Crippen molar-refractivity contribution in [1.82, 2.24) is 14.8 Å². The highest BCUT2D eigenvalue weighted by atomic mass is 31.2. The van der Waals surface area contributed by atoms with Crippen LogP contribution in [0.5, 0.6) is 17.4 Å². The van der Waals surface area contributed by atoms with Gasteiger partial charge in [0.25, 0.3) is 5.89 Å². The first-order chi connectivity index (χ1) is 18.8. The maximum Gasteiger partial charge on any atom is 0.354 e. The summed E-state index contributed by atoms with van der Waals surface area (Å²) in [7, 11) is -0.00562. The van der Waals surface area contributed by atoms with E-state index in [2.05, 4.69) is 10.1 Å². The van der Waals surface area contributed by atoms with E-state index in [0.29, 0.717) is 46.0 Å². The zero-order chi connectivity index (χ0) is 27.8. The van der Waals surface area contributed by atoms with Crippen molar-refractivity contribution < 1.29 is 36.7 Å². The first kappa shape index (κ1) is 28.2. The lowest BCUT2D eigenvalue weighted by Gasteiger charge is -2.13. The Morgan fingerprint density at radius 3 is 2.56 bits per heavy atom. The maximum absolute atomic E-state index is 12.8. The topological polar surface area (TPSA) is 120 Å². The van der Waals surface area contributed by atoms with E-state index in [9.17, 15) is 4.57 Å². The predicted molar refractivity (Wildman–Crippen MR) is 144 cm³/mol. The Kier molecular flexibility index (Phi) is 9.29. The second kappa shape index (κ2) is 12.8. The van der Waals surface area contributed by atoms with Crippen molar-refractivity contribution in [2.24, 2.45) is 7.05 Å². The molecule has 4 aromatic rings. The monoisotopic (exact) mass is 557 g/mol. The Labute approximate surface area is 226 Å². The van der Waals surface area contributed by atoms with Crippen LogP contribution in [0.25, 0.3) is 17.7 Å². The molecule has 0 aliphatic carbocycles. The van der Waals surface area contributed by atoms with Crippen LogP contribution in [0.2, 0.25) is 0 Å². The van der Waals surface area contributed by atoms with Crippen molar-refractivity contribution in [2.45, 2.75) is 34.0 Å². The van der Waals surface area contributed by atoms with Crippen LogP contribution in [0.1, 0.15) is 36.4 Å². The van der Waals surface area contributed by atoms with Crippen LogP contribution < -0.4 is 14.2 Å². The number of aryl methyl sites for hydroxylation is 2. The van der Waals surface area contributed by atoms with Gasteiger partial charge in [-0.2, -0.15) is 0 Å². The first-order valence-corrected chi connectivity index (χ1v) is 14.0. The van der Waals surface area contributed by atoms with Gasteiger partial charge in [0.1, 0.15) is 24.7 Å². The summed E-state index contributed by atoms with van der Waals surface area (Å²) in [5.41, 5.74) is 2.14. The molecule has 0 N–H and O–H groups in total. The molecular weight excluding hydrogens is 525 g/mol. The maximum atomic E-state index is 12.8. The van der Waals surface area contributed by atoms with E-state index >= 15 is 0 Å². The molecule has 0 aliphatic rings. The summed E-state index contributed by atoms with van der Waals surface area (Å²) in [4.78, 5) is 4.47. The second-order valence-corrected chi connectivity index (χ2v) is 10.2. The number of aromatic nitrogens is 3. The van der Waals surface area contributed by atoms with E-state index < -0.39 is 7.60 Å². The number of nitrogens with zero attached hydrogens (tertiary/aromatic N) is 3. The average Bonchev–Trinajstić information content (AvgIpc) is 3.66. The molecule has 1 aromatic carbocycles. The van der Waals surface area contributed by atoms with Gasteiger partial charge in [-0.3, -0.25) is 9.25 Å². The van der Waals surface area contributed by atoms with Gasteiger partial charge in [0.2, 0.25) is 5.88 Å². The van der Waals surface area contributed by atoms with Crippen LogP contribution in [0, 0.1) is 6.92 Å². The van der Waals surface area contributed by atoms with Crippen LogP contribution in [0.4, 0.5) is 0 Å². The number of rotatable bonds is 14. The highest BCUT2D eigenvalue weighted by Crippen LogP contribution is 2.50. The van der Waals surface area contributed by atoms with Gasteiger partial charge in [-0.1, -0.05) is 6.07 Å². The molecule has 39 heavy (non-hydrogen) atoms. The molecule has 0 spiro atoms. The van der Waals surface area contributed by atoms with Gasteiger partial charge in [0.15, 0.2) is 17.3 Å². The van der Waals surface area contributed by atoms with Crippen molar-refractivity contribution in [3.05, 3.63) is 71.2 Å². The van der Waals surface area contributed by atoms with Gasteiger partial charge in [0, 0.05) is 19.1 Å². The van der Waals surface area contributed by atoms with Crippen LogP contribution >= 0.6 is 7.60 Å². The molecule has 208 valence electrons. The molecule has 0 unspecified atom stereocenters. The lowest BCUT2D eigenvalue weighted by molar-refractivity contribution is 0.229. The molecule has 0 saturated heterocycles. The molecular formula is C27H32N3O8P. The highest BCUT2D eigenvalue weighted by Gasteiger charge is 2.20. The normalized spacial score (nSPS) is 11.8. The summed E-state index contributed by atoms with van der Waals surface area (Å²) in [6.45, 7) is 6.29. The third-order valence-corrected chi connectivity index (χ3v) is 7.22. The Bertz CT molecular complexity index is 1430. The van der Waals surface area contributed by atoms with E-state index in [-0.39, 0.29) is 26.4 Å². The molecule has 0 radical (unpaired) electrons. The fourth-order valence-electron chi connectivity index (χ4n) is 3.65. The molecule has 0 saturated carbocycles. The first-order valence-electron chi connectivity index (χ1n) is 12.4. The number of ether oxygens (including phenoxy) is 3. The second-order valence-electron chi connectivity index (χ2n) is 8.32. The lowest BCUT2D eigenvalue weighted by atomic mass is 10.2. The van der Waals surface area contributed by atoms with E-state index in [1.807, 2.05) is 19.1 Å². The summed E-state index contributed by atoms with van der Waals surface area (Å²) >= 11 is 0. The summed E-state index contributed by atoms with van der Waals surface area (Å²) in [6, 6.07) is 9.06. The third-order valence-electron chi connectivity index (χ3n) is 5.47. The fourth-order valence-corrected chi connectivity index (χ4v) is 4.96.